The number of hydrogen-bond acceptors (Lipinski definition) is 2. The number of rotatable bonds is 3. The van der Waals surface area contributed by atoms with Gasteiger partial charge in [-0.05, 0) is 18.3 Å². The lowest BCUT2D eigenvalue weighted by Gasteiger charge is -2.15. The first-order valence-electron chi connectivity index (χ1n) is 4.11. The zero-order chi connectivity index (χ0) is 6.97. The summed E-state index contributed by atoms with van der Waals surface area (Å²) in [5, 5.41) is 0. The van der Waals surface area contributed by atoms with Crippen molar-refractivity contribution in [2.75, 3.05) is 33.4 Å². The Bertz CT molecular complexity index is 116. The molecule has 0 aromatic rings. The maximum atomic E-state index is 5.01. The molecule has 2 aliphatic rings. The van der Waals surface area contributed by atoms with Gasteiger partial charge in [0.25, 0.3) is 0 Å². The van der Waals surface area contributed by atoms with Crippen LogP contribution in [0, 0.1) is 11.8 Å². The Morgan fingerprint density at radius 3 is 2.70 bits per heavy atom. The van der Waals surface area contributed by atoms with E-state index in [4.69, 9.17) is 4.74 Å². The molecule has 2 rings (SSSR count). The molecule has 2 nitrogen and oxygen atoms in total. The second kappa shape index (κ2) is 2.51. The summed E-state index contributed by atoms with van der Waals surface area (Å²) in [6.45, 7) is 4.73. The predicted octanol–water partition coefficient (Wildman–Crippen LogP) is 0.585. The minimum Gasteiger partial charge on any atom is -0.383 e. The van der Waals surface area contributed by atoms with E-state index in [0.717, 1.165) is 25.0 Å². The van der Waals surface area contributed by atoms with Crippen molar-refractivity contribution in [1.29, 1.82) is 0 Å². The first kappa shape index (κ1) is 6.62. The second-order valence-corrected chi connectivity index (χ2v) is 3.51. The van der Waals surface area contributed by atoms with Crippen molar-refractivity contribution < 1.29 is 4.74 Å². The van der Waals surface area contributed by atoms with Crippen molar-refractivity contribution in [2.24, 2.45) is 11.8 Å². The zero-order valence-corrected chi connectivity index (χ0v) is 6.55. The Morgan fingerprint density at radius 1 is 1.40 bits per heavy atom. The van der Waals surface area contributed by atoms with Crippen molar-refractivity contribution in [3.05, 3.63) is 0 Å². The van der Waals surface area contributed by atoms with Gasteiger partial charge in [-0.2, -0.15) is 0 Å². The van der Waals surface area contributed by atoms with Crippen LogP contribution in [0.15, 0.2) is 0 Å². The molecule has 2 heteroatoms. The molecule has 1 aliphatic heterocycles. The third-order valence-electron chi connectivity index (χ3n) is 2.67. The SMILES string of the molecule is COCCN1CC2C[C@H]2C1. The first-order chi connectivity index (χ1) is 4.90. The average Bonchev–Trinajstić information content (AvgIpc) is 2.56. The normalized spacial score (nSPS) is 38.1. The Balaban J connectivity index is 1.66. The van der Waals surface area contributed by atoms with Crippen molar-refractivity contribution in [2.45, 2.75) is 6.42 Å². The van der Waals surface area contributed by atoms with E-state index in [2.05, 4.69) is 4.90 Å². The highest BCUT2D eigenvalue weighted by molar-refractivity contribution is 4.96. The number of hydrogen-bond donors (Lipinski definition) is 0. The van der Waals surface area contributed by atoms with Crippen LogP contribution in [-0.2, 0) is 4.74 Å². The fourth-order valence-corrected chi connectivity index (χ4v) is 1.90. The van der Waals surface area contributed by atoms with Crippen molar-refractivity contribution in [3.8, 4) is 0 Å². The molecule has 0 aromatic carbocycles. The van der Waals surface area contributed by atoms with Gasteiger partial charge in [-0.25, -0.2) is 0 Å². The average molecular weight is 141 g/mol. The van der Waals surface area contributed by atoms with E-state index in [1.54, 1.807) is 7.11 Å². The summed E-state index contributed by atoms with van der Waals surface area (Å²) in [6, 6.07) is 0. The highest BCUT2D eigenvalue weighted by Gasteiger charge is 2.44. The van der Waals surface area contributed by atoms with Crippen LogP contribution in [0.1, 0.15) is 6.42 Å². The summed E-state index contributed by atoms with van der Waals surface area (Å²) in [7, 11) is 1.77. The van der Waals surface area contributed by atoms with Gasteiger partial charge in [-0.15, -0.1) is 0 Å². The maximum absolute atomic E-state index is 5.01. The molecule has 0 aromatic heterocycles. The monoisotopic (exact) mass is 141 g/mol. The molecule has 1 unspecified atom stereocenters. The largest absolute Gasteiger partial charge is 0.383 e. The van der Waals surface area contributed by atoms with Crippen molar-refractivity contribution in [3.63, 3.8) is 0 Å². The van der Waals surface area contributed by atoms with Crippen LogP contribution in [0.3, 0.4) is 0 Å². The molecule has 10 heavy (non-hydrogen) atoms. The fraction of sp³-hybridized carbons (Fsp3) is 1.00. The highest BCUT2D eigenvalue weighted by Crippen LogP contribution is 2.44. The molecule has 58 valence electrons. The fourth-order valence-electron chi connectivity index (χ4n) is 1.90. The van der Waals surface area contributed by atoms with Crippen LogP contribution < -0.4 is 0 Å². The molecule has 1 saturated carbocycles. The lowest BCUT2D eigenvalue weighted by Crippen LogP contribution is -2.26. The third kappa shape index (κ3) is 1.18. The lowest BCUT2D eigenvalue weighted by molar-refractivity contribution is 0.155. The van der Waals surface area contributed by atoms with Crippen LogP contribution >= 0.6 is 0 Å². The van der Waals surface area contributed by atoms with Crippen LogP contribution in [0.4, 0.5) is 0 Å². The molecular weight excluding hydrogens is 126 g/mol. The number of ether oxygens (including phenoxy) is 1. The summed E-state index contributed by atoms with van der Waals surface area (Å²) >= 11 is 0. The van der Waals surface area contributed by atoms with Crippen LogP contribution in [-0.4, -0.2) is 38.3 Å². The molecule has 1 saturated heterocycles. The van der Waals surface area contributed by atoms with Crippen molar-refractivity contribution in [1.82, 2.24) is 4.90 Å². The van der Waals surface area contributed by atoms with Gasteiger partial charge >= 0.3 is 0 Å². The number of fused-ring (bicyclic) bond motifs is 1. The molecule has 0 N–H and O–H groups in total. The van der Waals surface area contributed by atoms with Gasteiger partial charge in [0.2, 0.25) is 0 Å². The topological polar surface area (TPSA) is 12.5 Å². The smallest absolute Gasteiger partial charge is 0.0589 e. The lowest BCUT2D eigenvalue weighted by atomic mass is 10.4. The van der Waals surface area contributed by atoms with Crippen LogP contribution in [0.25, 0.3) is 0 Å². The van der Waals surface area contributed by atoms with Gasteiger partial charge in [0, 0.05) is 26.7 Å². The van der Waals surface area contributed by atoms with E-state index in [1.807, 2.05) is 0 Å². The Labute approximate surface area is 62.2 Å². The van der Waals surface area contributed by atoms with Gasteiger partial charge in [0.05, 0.1) is 6.61 Å². The maximum Gasteiger partial charge on any atom is 0.0589 e. The minimum absolute atomic E-state index is 0.902. The molecule has 0 amide bonds. The molecule has 0 radical (unpaired) electrons. The number of methoxy groups -OCH3 is 1. The molecule has 0 bridgehead atoms. The summed E-state index contributed by atoms with van der Waals surface area (Å²) in [4.78, 5) is 2.52. The quantitative estimate of drug-likeness (QED) is 0.570. The number of nitrogens with zero attached hydrogens (tertiary/aromatic N) is 1. The molecule has 1 aliphatic carbocycles. The molecule has 0 spiro atoms. The second-order valence-electron chi connectivity index (χ2n) is 3.51. The standard InChI is InChI=1S/C8H15NO/c1-10-3-2-9-5-7-4-8(7)6-9/h7-8H,2-6H2,1H3/t7-,8?/m0/s1. The first-order valence-corrected chi connectivity index (χ1v) is 4.11. The summed E-state index contributed by atoms with van der Waals surface area (Å²) in [6.07, 6.45) is 1.50. The third-order valence-corrected chi connectivity index (χ3v) is 2.67. The van der Waals surface area contributed by atoms with E-state index in [-0.39, 0.29) is 0 Å². The van der Waals surface area contributed by atoms with E-state index >= 15 is 0 Å². The summed E-state index contributed by atoms with van der Waals surface area (Å²) in [5.74, 6) is 2.13. The molecular formula is C8H15NO. The van der Waals surface area contributed by atoms with Gasteiger partial charge in [-0.3, -0.25) is 0 Å². The summed E-state index contributed by atoms with van der Waals surface area (Å²) < 4.78 is 5.01. The highest BCUT2D eigenvalue weighted by atomic mass is 16.5. The van der Waals surface area contributed by atoms with Crippen LogP contribution in [0.5, 0.6) is 0 Å². The van der Waals surface area contributed by atoms with Gasteiger partial charge in [-0.1, -0.05) is 0 Å². The molecule has 2 fully saturated rings. The van der Waals surface area contributed by atoms with Crippen molar-refractivity contribution >= 4 is 0 Å². The minimum atomic E-state index is 0.902. The number of piperidine rings is 1. The molecule has 1 heterocycles. The Hall–Kier alpha value is -0.0800. The van der Waals surface area contributed by atoms with Gasteiger partial charge in [0.15, 0.2) is 0 Å². The van der Waals surface area contributed by atoms with Gasteiger partial charge < -0.3 is 9.64 Å². The Morgan fingerprint density at radius 2 is 2.10 bits per heavy atom. The van der Waals surface area contributed by atoms with E-state index in [9.17, 15) is 0 Å². The molecule has 2 atom stereocenters. The summed E-state index contributed by atoms with van der Waals surface area (Å²) in [5.41, 5.74) is 0. The Kier molecular flexibility index (Phi) is 1.66. The van der Waals surface area contributed by atoms with E-state index < -0.39 is 0 Å². The van der Waals surface area contributed by atoms with E-state index in [0.29, 0.717) is 0 Å². The predicted molar refractivity (Wildman–Crippen MR) is 39.9 cm³/mol. The number of likely N-dealkylation sites (tertiary alicyclic amines) is 1. The van der Waals surface area contributed by atoms with Gasteiger partial charge in [0.1, 0.15) is 0 Å². The zero-order valence-electron chi connectivity index (χ0n) is 6.55. The van der Waals surface area contributed by atoms with E-state index in [1.165, 1.54) is 19.5 Å². The van der Waals surface area contributed by atoms with Crippen LogP contribution in [0.2, 0.25) is 0 Å².